The minimum absolute atomic E-state index is 0.105. The van der Waals surface area contributed by atoms with Crippen LogP contribution in [0, 0.1) is 12.8 Å². The molecule has 4 heteroatoms. The molecule has 24 heavy (non-hydrogen) atoms. The van der Waals surface area contributed by atoms with E-state index >= 15 is 0 Å². The van der Waals surface area contributed by atoms with Gasteiger partial charge in [-0.05, 0) is 32.4 Å². The molecule has 4 nitrogen and oxygen atoms in total. The Bertz CT molecular complexity index is 563. The van der Waals surface area contributed by atoms with Gasteiger partial charge in [0.15, 0.2) is 5.78 Å². The van der Waals surface area contributed by atoms with E-state index in [1.165, 1.54) is 0 Å². The van der Waals surface area contributed by atoms with Crippen LogP contribution in [0.5, 0.6) is 0 Å². The van der Waals surface area contributed by atoms with Crippen molar-refractivity contribution in [3.8, 4) is 0 Å². The fourth-order valence-corrected chi connectivity index (χ4v) is 2.45. The van der Waals surface area contributed by atoms with Crippen LogP contribution in [0.2, 0.25) is 0 Å². The van der Waals surface area contributed by atoms with Gasteiger partial charge in [0.2, 0.25) is 0 Å². The number of amides is 1. The predicted octanol–water partition coefficient (Wildman–Crippen LogP) is 3.86. The summed E-state index contributed by atoms with van der Waals surface area (Å²) in [5.74, 6) is -0.522. The molecule has 2 atom stereocenters. The zero-order valence-electron chi connectivity index (χ0n) is 15.2. The number of ketones is 2. The topological polar surface area (TPSA) is 63.2 Å². The first-order valence-electron chi connectivity index (χ1n) is 8.78. The smallest absolute Gasteiger partial charge is 0.251 e. The summed E-state index contributed by atoms with van der Waals surface area (Å²) in [6.07, 6.45) is 3.71. The van der Waals surface area contributed by atoms with Crippen LogP contribution in [0.4, 0.5) is 0 Å². The Labute approximate surface area is 145 Å². The normalized spacial score (nSPS) is 13.2. The molecular weight excluding hydrogens is 302 g/mol. The molecule has 132 valence electrons. The first kappa shape index (κ1) is 20.1. The first-order chi connectivity index (χ1) is 11.3. The Morgan fingerprint density at radius 2 is 1.62 bits per heavy atom. The van der Waals surface area contributed by atoms with E-state index in [2.05, 4.69) is 12.2 Å². The zero-order valence-corrected chi connectivity index (χ0v) is 15.2. The van der Waals surface area contributed by atoms with E-state index in [0.717, 1.165) is 24.8 Å². The van der Waals surface area contributed by atoms with Crippen molar-refractivity contribution in [1.29, 1.82) is 0 Å². The quantitative estimate of drug-likeness (QED) is 0.662. The van der Waals surface area contributed by atoms with E-state index in [1.807, 2.05) is 19.1 Å². The van der Waals surface area contributed by atoms with Gasteiger partial charge < -0.3 is 5.32 Å². The predicted molar refractivity (Wildman–Crippen MR) is 96.0 cm³/mol. The van der Waals surface area contributed by atoms with Crippen LogP contribution in [0.3, 0.4) is 0 Å². The Morgan fingerprint density at radius 3 is 2.21 bits per heavy atom. The number of hydrogen-bond acceptors (Lipinski definition) is 3. The average Bonchev–Trinajstić information content (AvgIpc) is 2.55. The summed E-state index contributed by atoms with van der Waals surface area (Å²) in [5.41, 5.74) is 1.61. The standard InChI is InChI=1S/C20H29NO3/c1-5-6-7-8-18(22)15(3)13-19(23)16(4)21-20(24)17-11-9-14(2)10-12-17/h9-12,15-16H,5-8,13H2,1-4H3,(H,21,24)/t15-,16+/m1/s1. The molecular formula is C20H29NO3. The number of unbranched alkanes of at least 4 members (excludes halogenated alkanes) is 2. The average molecular weight is 331 g/mol. The van der Waals surface area contributed by atoms with Crippen molar-refractivity contribution in [2.24, 2.45) is 5.92 Å². The second-order valence-electron chi connectivity index (χ2n) is 6.56. The van der Waals surface area contributed by atoms with Gasteiger partial charge in [-0.25, -0.2) is 0 Å². The van der Waals surface area contributed by atoms with Crippen LogP contribution in [-0.4, -0.2) is 23.5 Å². The van der Waals surface area contributed by atoms with E-state index in [4.69, 9.17) is 0 Å². The summed E-state index contributed by atoms with van der Waals surface area (Å²) in [7, 11) is 0. The van der Waals surface area contributed by atoms with Crippen LogP contribution < -0.4 is 5.32 Å². The van der Waals surface area contributed by atoms with Crippen LogP contribution in [0.15, 0.2) is 24.3 Å². The molecule has 1 N–H and O–H groups in total. The van der Waals surface area contributed by atoms with Gasteiger partial charge in [-0.1, -0.05) is 44.4 Å². The molecule has 0 aliphatic carbocycles. The van der Waals surface area contributed by atoms with Gasteiger partial charge in [-0.15, -0.1) is 0 Å². The Balaban J connectivity index is 2.47. The summed E-state index contributed by atoms with van der Waals surface area (Å²) in [4.78, 5) is 36.4. The number of aryl methyl sites for hydroxylation is 1. The summed E-state index contributed by atoms with van der Waals surface area (Å²) in [5, 5.41) is 2.71. The fourth-order valence-electron chi connectivity index (χ4n) is 2.45. The maximum absolute atomic E-state index is 12.2. The van der Waals surface area contributed by atoms with E-state index in [1.54, 1.807) is 26.0 Å². The summed E-state index contributed by atoms with van der Waals surface area (Å²) < 4.78 is 0. The molecule has 0 fully saturated rings. The molecule has 1 rings (SSSR count). The van der Waals surface area contributed by atoms with Crippen molar-refractivity contribution in [3.05, 3.63) is 35.4 Å². The monoisotopic (exact) mass is 331 g/mol. The number of hydrogen-bond donors (Lipinski definition) is 1. The molecule has 1 amide bonds. The van der Waals surface area contributed by atoms with Gasteiger partial charge in [-0.3, -0.25) is 14.4 Å². The molecule has 0 saturated heterocycles. The van der Waals surface area contributed by atoms with Crippen molar-refractivity contribution in [2.75, 3.05) is 0 Å². The van der Waals surface area contributed by atoms with E-state index in [-0.39, 0.29) is 29.8 Å². The van der Waals surface area contributed by atoms with Crippen molar-refractivity contribution < 1.29 is 14.4 Å². The number of carbonyl (C=O) groups is 3. The van der Waals surface area contributed by atoms with Gasteiger partial charge in [0.1, 0.15) is 5.78 Å². The highest BCUT2D eigenvalue weighted by atomic mass is 16.2. The third-order valence-corrected chi connectivity index (χ3v) is 4.23. The van der Waals surface area contributed by atoms with Crippen molar-refractivity contribution in [1.82, 2.24) is 5.32 Å². The highest BCUT2D eigenvalue weighted by Gasteiger charge is 2.22. The SMILES string of the molecule is CCCCCC(=O)[C@H](C)CC(=O)[C@H](C)NC(=O)c1ccc(C)cc1. The number of nitrogens with one attached hydrogen (secondary N) is 1. The lowest BCUT2D eigenvalue weighted by molar-refractivity contribution is -0.128. The third-order valence-electron chi connectivity index (χ3n) is 4.23. The maximum atomic E-state index is 12.2. The summed E-state index contributed by atoms with van der Waals surface area (Å²) in [6, 6.07) is 6.60. The lowest BCUT2D eigenvalue weighted by atomic mass is 9.94. The number of Topliss-reactive ketones (excluding diaryl/α,β-unsaturated/α-hetero) is 2. The highest BCUT2D eigenvalue weighted by Crippen LogP contribution is 2.12. The van der Waals surface area contributed by atoms with Crippen molar-refractivity contribution in [3.63, 3.8) is 0 Å². The highest BCUT2D eigenvalue weighted by molar-refractivity contribution is 5.98. The Hall–Kier alpha value is -1.97. The molecule has 1 aromatic carbocycles. The van der Waals surface area contributed by atoms with Gasteiger partial charge in [0, 0.05) is 24.3 Å². The second kappa shape index (κ2) is 10.0. The number of benzene rings is 1. The lowest BCUT2D eigenvalue weighted by Gasteiger charge is -2.16. The zero-order chi connectivity index (χ0) is 18.1. The maximum Gasteiger partial charge on any atom is 0.251 e. The van der Waals surface area contributed by atoms with Gasteiger partial charge >= 0.3 is 0 Å². The minimum Gasteiger partial charge on any atom is -0.343 e. The van der Waals surface area contributed by atoms with Gasteiger partial charge in [0.25, 0.3) is 5.91 Å². The molecule has 0 spiro atoms. The lowest BCUT2D eigenvalue weighted by Crippen LogP contribution is -2.39. The van der Waals surface area contributed by atoms with Crippen LogP contribution >= 0.6 is 0 Å². The molecule has 0 aliphatic rings. The number of carbonyl (C=O) groups excluding carboxylic acids is 3. The van der Waals surface area contributed by atoms with E-state index in [9.17, 15) is 14.4 Å². The first-order valence-corrected chi connectivity index (χ1v) is 8.78. The Kier molecular flexibility index (Phi) is 8.37. The second-order valence-corrected chi connectivity index (χ2v) is 6.56. The fraction of sp³-hybridized carbons (Fsp3) is 0.550. The largest absolute Gasteiger partial charge is 0.343 e. The molecule has 0 unspecified atom stereocenters. The van der Waals surface area contributed by atoms with Gasteiger partial charge in [0.05, 0.1) is 6.04 Å². The van der Waals surface area contributed by atoms with Gasteiger partial charge in [-0.2, -0.15) is 0 Å². The van der Waals surface area contributed by atoms with E-state index in [0.29, 0.717) is 12.0 Å². The van der Waals surface area contributed by atoms with Crippen molar-refractivity contribution in [2.45, 2.75) is 65.8 Å². The summed E-state index contributed by atoms with van der Waals surface area (Å²) in [6.45, 7) is 7.51. The summed E-state index contributed by atoms with van der Waals surface area (Å²) >= 11 is 0. The molecule has 0 heterocycles. The van der Waals surface area contributed by atoms with Crippen molar-refractivity contribution >= 4 is 17.5 Å². The molecule has 0 radical (unpaired) electrons. The molecule has 1 aromatic rings. The minimum atomic E-state index is -0.593. The molecule has 0 aliphatic heterocycles. The van der Waals surface area contributed by atoms with Crippen LogP contribution in [0.25, 0.3) is 0 Å². The molecule has 0 bridgehead atoms. The van der Waals surface area contributed by atoms with Crippen LogP contribution in [0.1, 0.15) is 68.8 Å². The van der Waals surface area contributed by atoms with Crippen LogP contribution in [-0.2, 0) is 9.59 Å². The molecule has 0 saturated carbocycles. The van der Waals surface area contributed by atoms with E-state index < -0.39 is 6.04 Å². The Morgan fingerprint density at radius 1 is 1.00 bits per heavy atom. The molecule has 0 aromatic heterocycles. The third kappa shape index (κ3) is 6.65. The number of rotatable bonds is 10.